The average Bonchev–Trinajstić information content (AvgIpc) is 2.70. The number of amides is 1. The van der Waals surface area contributed by atoms with E-state index in [9.17, 15) is 9.59 Å². The van der Waals surface area contributed by atoms with Crippen LogP contribution in [0.5, 0.6) is 0 Å². The van der Waals surface area contributed by atoms with Crippen molar-refractivity contribution in [1.29, 1.82) is 0 Å². The van der Waals surface area contributed by atoms with E-state index in [0.29, 0.717) is 17.0 Å². The second-order valence-electron chi connectivity index (χ2n) is 4.48. The van der Waals surface area contributed by atoms with Gasteiger partial charge in [-0.3, -0.25) is 9.59 Å². The van der Waals surface area contributed by atoms with Crippen molar-refractivity contribution in [3.8, 4) is 0 Å². The molecule has 1 amide bonds. The SMILES string of the molecule is CC(C)CN(CC(=O)O)C(=O)C=Cc1ccc(Br)o1. The molecule has 1 N–H and O–H groups in total. The van der Waals surface area contributed by atoms with Gasteiger partial charge in [0, 0.05) is 12.6 Å². The maximum atomic E-state index is 11.9. The third-order valence-corrected chi connectivity index (χ3v) is 2.63. The highest BCUT2D eigenvalue weighted by atomic mass is 79.9. The standard InChI is InChI=1S/C13H16BrNO4/c1-9(2)7-15(8-13(17)18)12(16)6-4-10-3-5-11(14)19-10/h3-6,9H,7-8H2,1-2H3,(H,17,18). The Kier molecular flexibility index (Phi) is 5.82. The molecule has 1 heterocycles. The third kappa shape index (κ3) is 5.74. The number of hydrogen-bond donors (Lipinski definition) is 1. The molecule has 0 bridgehead atoms. The summed E-state index contributed by atoms with van der Waals surface area (Å²) in [4.78, 5) is 23.9. The first-order valence-electron chi connectivity index (χ1n) is 5.82. The summed E-state index contributed by atoms with van der Waals surface area (Å²) in [6.45, 7) is 3.95. The summed E-state index contributed by atoms with van der Waals surface area (Å²) in [7, 11) is 0. The topological polar surface area (TPSA) is 70.8 Å². The predicted molar refractivity (Wildman–Crippen MR) is 74.5 cm³/mol. The van der Waals surface area contributed by atoms with Crippen LogP contribution in [0, 0.1) is 5.92 Å². The fourth-order valence-electron chi connectivity index (χ4n) is 1.51. The maximum Gasteiger partial charge on any atom is 0.323 e. The number of halogens is 1. The summed E-state index contributed by atoms with van der Waals surface area (Å²) in [5.41, 5.74) is 0. The smallest absolute Gasteiger partial charge is 0.323 e. The summed E-state index contributed by atoms with van der Waals surface area (Å²) >= 11 is 3.16. The zero-order valence-corrected chi connectivity index (χ0v) is 12.4. The van der Waals surface area contributed by atoms with Crippen LogP contribution < -0.4 is 0 Å². The Hall–Kier alpha value is -1.56. The Morgan fingerprint density at radius 3 is 2.63 bits per heavy atom. The first-order chi connectivity index (χ1) is 8.88. The van der Waals surface area contributed by atoms with Crippen molar-refractivity contribution in [3.05, 3.63) is 28.6 Å². The highest BCUT2D eigenvalue weighted by molar-refractivity contribution is 9.10. The van der Waals surface area contributed by atoms with Gasteiger partial charge in [-0.25, -0.2) is 0 Å². The van der Waals surface area contributed by atoms with E-state index in [4.69, 9.17) is 9.52 Å². The van der Waals surface area contributed by atoms with Gasteiger partial charge in [0.05, 0.1) is 0 Å². The number of carbonyl (C=O) groups excluding carboxylic acids is 1. The Morgan fingerprint density at radius 1 is 1.47 bits per heavy atom. The molecule has 0 spiro atoms. The lowest BCUT2D eigenvalue weighted by atomic mass is 10.2. The Bertz CT molecular complexity index is 479. The summed E-state index contributed by atoms with van der Waals surface area (Å²) in [6, 6.07) is 3.42. The van der Waals surface area contributed by atoms with E-state index in [-0.39, 0.29) is 18.4 Å². The molecule has 0 aliphatic heterocycles. The maximum absolute atomic E-state index is 11.9. The lowest BCUT2D eigenvalue weighted by molar-refractivity contribution is -0.143. The largest absolute Gasteiger partial charge is 0.480 e. The highest BCUT2D eigenvalue weighted by Gasteiger charge is 2.15. The zero-order chi connectivity index (χ0) is 14.4. The van der Waals surface area contributed by atoms with Gasteiger partial charge < -0.3 is 14.4 Å². The van der Waals surface area contributed by atoms with E-state index in [0.717, 1.165) is 0 Å². The molecule has 1 aromatic rings. The van der Waals surface area contributed by atoms with Crippen LogP contribution in [0.4, 0.5) is 0 Å². The van der Waals surface area contributed by atoms with Gasteiger partial charge in [-0.2, -0.15) is 0 Å². The van der Waals surface area contributed by atoms with Crippen LogP contribution in [0.2, 0.25) is 0 Å². The molecule has 0 unspecified atom stereocenters. The van der Waals surface area contributed by atoms with Crippen molar-refractivity contribution in [2.75, 3.05) is 13.1 Å². The van der Waals surface area contributed by atoms with Gasteiger partial charge in [-0.05, 0) is 40.1 Å². The number of carbonyl (C=O) groups is 2. The molecular weight excluding hydrogens is 314 g/mol. The number of furan rings is 1. The van der Waals surface area contributed by atoms with Crippen molar-refractivity contribution in [3.63, 3.8) is 0 Å². The summed E-state index contributed by atoms with van der Waals surface area (Å²) in [5, 5.41) is 8.79. The molecule has 104 valence electrons. The molecule has 0 radical (unpaired) electrons. The molecule has 5 nitrogen and oxygen atoms in total. The second kappa shape index (κ2) is 7.13. The fraction of sp³-hybridized carbons (Fsp3) is 0.385. The quantitative estimate of drug-likeness (QED) is 0.814. The van der Waals surface area contributed by atoms with E-state index < -0.39 is 5.97 Å². The van der Waals surface area contributed by atoms with Crippen LogP contribution in [0.15, 0.2) is 27.3 Å². The van der Waals surface area contributed by atoms with Gasteiger partial charge in [0.1, 0.15) is 12.3 Å². The van der Waals surface area contributed by atoms with Crippen LogP contribution in [0.1, 0.15) is 19.6 Å². The molecule has 1 aromatic heterocycles. The zero-order valence-electron chi connectivity index (χ0n) is 10.8. The Labute approximate surface area is 120 Å². The van der Waals surface area contributed by atoms with Crippen LogP contribution in [-0.2, 0) is 9.59 Å². The molecule has 0 fully saturated rings. The highest BCUT2D eigenvalue weighted by Crippen LogP contribution is 2.15. The Morgan fingerprint density at radius 2 is 2.16 bits per heavy atom. The molecule has 0 saturated heterocycles. The van der Waals surface area contributed by atoms with E-state index in [1.165, 1.54) is 17.1 Å². The van der Waals surface area contributed by atoms with Crippen molar-refractivity contribution in [2.24, 2.45) is 5.92 Å². The molecule has 0 aliphatic rings. The summed E-state index contributed by atoms with van der Waals surface area (Å²) in [5.74, 6) is -0.638. The van der Waals surface area contributed by atoms with Crippen molar-refractivity contribution >= 4 is 33.9 Å². The summed E-state index contributed by atoms with van der Waals surface area (Å²) < 4.78 is 5.79. The van der Waals surface area contributed by atoms with Gasteiger partial charge in [0.15, 0.2) is 4.67 Å². The molecular formula is C13H16BrNO4. The number of aliphatic carboxylic acids is 1. The lowest BCUT2D eigenvalue weighted by Gasteiger charge is -2.20. The molecule has 0 aliphatic carbocycles. The first-order valence-corrected chi connectivity index (χ1v) is 6.62. The van der Waals surface area contributed by atoms with Crippen molar-refractivity contribution < 1.29 is 19.1 Å². The van der Waals surface area contributed by atoms with E-state index in [1.807, 2.05) is 13.8 Å². The van der Waals surface area contributed by atoms with Gasteiger partial charge in [0.25, 0.3) is 0 Å². The second-order valence-corrected chi connectivity index (χ2v) is 5.26. The molecule has 6 heteroatoms. The van der Waals surface area contributed by atoms with Crippen LogP contribution in [-0.4, -0.2) is 35.0 Å². The van der Waals surface area contributed by atoms with E-state index in [1.54, 1.807) is 12.1 Å². The van der Waals surface area contributed by atoms with Crippen molar-refractivity contribution in [2.45, 2.75) is 13.8 Å². The average molecular weight is 330 g/mol. The van der Waals surface area contributed by atoms with Gasteiger partial charge in [-0.1, -0.05) is 13.8 Å². The minimum atomic E-state index is -1.02. The number of rotatable bonds is 6. The predicted octanol–water partition coefficient (Wildman–Crippen LogP) is 2.62. The minimum Gasteiger partial charge on any atom is -0.480 e. The fourth-order valence-corrected chi connectivity index (χ4v) is 1.83. The normalized spacial score (nSPS) is 11.2. The first kappa shape index (κ1) is 15.5. The van der Waals surface area contributed by atoms with Gasteiger partial charge in [0.2, 0.25) is 5.91 Å². The number of carboxylic acid groups (broad SMARTS) is 1. The Balaban J connectivity index is 2.70. The van der Waals surface area contributed by atoms with Crippen LogP contribution in [0.3, 0.4) is 0 Å². The van der Waals surface area contributed by atoms with Crippen LogP contribution in [0.25, 0.3) is 6.08 Å². The molecule has 0 aromatic carbocycles. The third-order valence-electron chi connectivity index (χ3n) is 2.21. The monoisotopic (exact) mass is 329 g/mol. The lowest BCUT2D eigenvalue weighted by Crippen LogP contribution is -2.37. The summed E-state index contributed by atoms with van der Waals surface area (Å²) in [6.07, 6.45) is 2.83. The van der Waals surface area contributed by atoms with E-state index >= 15 is 0 Å². The molecule has 0 saturated carbocycles. The van der Waals surface area contributed by atoms with E-state index in [2.05, 4.69) is 15.9 Å². The number of nitrogens with zero attached hydrogens (tertiary/aromatic N) is 1. The van der Waals surface area contributed by atoms with Crippen LogP contribution >= 0.6 is 15.9 Å². The van der Waals surface area contributed by atoms with Crippen molar-refractivity contribution in [1.82, 2.24) is 4.90 Å². The molecule has 19 heavy (non-hydrogen) atoms. The molecule has 1 rings (SSSR count). The minimum absolute atomic E-state index is 0.203. The van der Waals surface area contributed by atoms with Gasteiger partial charge >= 0.3 is 5.97 Å². The van der Waals surface area contributed by atoms with Gasteiger partial charge in [-0.15, -0.1) is 0 Å². The molecule has 0 atom stereocenters. The number of hydrogen-bond acceptors (Lipinski definition) is 3. The number of carboxylic acids is 1.